The van der Waals surface area contributed by atoms with Crippen molar-refractivity contribution in [3.05, 3.63) is 15.4 Å². The first-order valence-corrected chi connectivity index (χ1v) is 10.1. The van der Waals surface area contributed by atoms with Gasteiger partial charge in [-0.25, -0.2) is 8.42 Å². The first-order valence-electron chi connectivity index (χ1n) is 7.10. The van der Waals surface area contributed by atoms with Crippen LogP contribution in [0.3, 0.4) is 0 Å². The van der Waals surface area contributed by atoms with Gasteiger partial charge in [0.1, 0.15) is 4.21 Å². The Bertz CT molecular complexity index is 540. The molecule has 0 unspecified atom stereocenters. The van der Waals surface area contributed by atoms with Crippen molar-refractivity contribution in [3.8, 4) is 0 Å². The van der Waals surface area contributed by atoms with E-state index in [1.54, 1.807) is 17.4 Å². The van der Waals surface area contributed by atoms with Crippen LogP contribution < -0.4 is 0 Å². The molecule has 114 valence electrons. The summed E-state index contributed by atoms with van der Waals surface area (Å²) in [6.07, 6.45) is 5.47. The molecule has 1 aromatic rings. The second-order valence-electron chi connectivity index (χ2n) is 5.63. The summed E-state index contributed by atoms with van der Waals surface area (Å²) in [7, 11) is -1.61. The van der Waals surface area contributed by atoms with Gasteiger partial charge >= 0.3 is 0 Å². The van der Waals surface area contributed by atoms with Gasteiger partial charge in [-0.1, -0.05) is 13.3 Å². The highest BCUT2D eigenvalue weighted by Gasteiger charge is 2.32. The largest absolute Gasteiger partial charge is 0.252 e. The minimum Gasteiger partial charge on any atom is -0.206 e. The van der Waals surface area contributed by atoms with Gasteiger partial charge in [0, 0.05) is 13.1 Å². The fourth-order valence-corrected chi connectivity index (χ4v) is 6.64. The lowest BCUT2D eigenvalue weighted by molar-refractivity contribution is 0.233. The van der Waals surface area contributed by atoms with Gasteiger partial charge in [0.2, 0.25) is 0 Å². The number of thiophene rings is 1. The Morgan fingerprint density at radius 1 is 1.35 bits per heavy atom. The SMILES string of the molecule is CCC1CCC(N(C)S(=O)(=O)c2cc(C)c(Br)s2)CC1. The maximum absolute atomic E-state index is 12.7. The van der Waals surface area contributed by atoms with Crippen molar-refractivity contribution in [1.82, 2.24) is 4.31 Å². The number of sulfonamides is 1. The van der Waals surface area contributed by atoms with E-state index in [1.807, 2.05) is 6.92 Å². The smallest absolute Gasteiger partial charge is 0.206 e. The van der Waals surface area contributed by atoms with Crippen LogP contribution in [0.5, 0.6) is 0 Å². The summed E-state index contributed by atoms with van der Waals surface area (Å²) < 4.78 is 28.3. The molecule has 0 radical (unpaired) electrons. The molecule has 1 saturated carbocycles. The summed E-state index contributed by atoms with van der Waals surface area (Å²) in [5.74, 6) is 0.778. The van der Waals surface area contributed by atoms with Crippen LogP contribution in [0.25, 0.3) is 0 Å². The Labute approximate surface area is 134 Å². The summed E-state index contributed by atoms with van der Waals surface area (Å²) in [6.45, 7) is 4.14. The molecule has 6 heteroatoms. The average Bonchev–Trinajstić information content (AvgIpc) is 2.78. The lowest BCUT2D eigenvalue weighted by Gasteiger charge is -2.33. The standard InChI is InChI=1S/C14H22BrNO2S2/c1-4-11-5-7-12(8-6-11)16(3)20(17,18)13-9-10(2)14(15)19-13/h9,11-12H,4-8H2,1-3H3. The summed E-state index contributed by atoms with van der Waals surface area (Å²) in [5.41, 5.74) is 0.983. The average molecular weight is 380 g/mol. The normalized spacial score (nSPS) is 24.2. The highest BCUT2D eigenvalue weighted by molar-refractivity contribution is 9.11. The first kappa shape index (κ1) is 16.5. The quantitative estimate of drug-likeness (QED) is 0.776. The number of nitrogens with zero attached hydrogens (tertiary/aromatic N) is 1. The van der Waals surface area contributed by atoms with E-state index < -0.39 is 10.0 Å². The maximum atomic E-state index is 12.7. The van der Waals surface area contributed by atoms with E-state index >= 15 is 0 Å². The fraction of sp³-hybridized carbons (Fsp3) is 0.714. The van der Waals surface area contributed by atoms with Gasteiger partial charge in [0.05, 0.1) is 3.79 Å². The Morgan fingerprint density at radius 2 is 1.95 bits per heavy atom. The van der Waals surface area contributed by atoms with E-state index in [4.69, 9.17) is 0 Å². The van der Waals surface area contributed by atoms with Crippen molar-refractivity contribution in [2.75, 3.05) is 7.05 Å². The number of hydrogen-bond acceptors (Lipinski definition) is 3. The van der Waals surface area contributed by atoms with Gasteiger partial charge < -0.3 is 0 Å². The van der Waals surface area contributed by atoms with E-state index in [0.29, 0.717) is 4.21 Å². The number of rotatable bonds is 4. The molecule has 1 aromatic heterocycles. The third-order valence-corrected chi connectivity index (χ3v) is 8.87. The lowest BCUT2D eigenvalue weighted by Crippen LogP contribution is -2.39. The molecule has 0 saturated heterocycles. The highest BCUT2D eigenvalue weighted by atomic mass is 79.9. The molecule has 1 heterocycles. The monoisotopic (exact) mass is 379 g/mol. The molecule has 1 fully saturated rings. The summed E-state index contributed by atoms with van der Waals surface area (Å²) in [5, 5.41) is 0. The molecule has 3 nitrogen and oxygen atoms in total. The molecule has 0 N–H and O–H groups in total. The van der Waals surface area contributed by atoms with Crippen molar-refractivity contribution < 1.29 is 8.42 Å². The Balaban J connectivity index is 2.13. The van der Waals surface area contributed by atoms with Crippen LogP contribution in [0.4, 0.5) is 0 Å². The molecule has 0 spiro atoms. The minimum absolute atomic E-state index is 0.156. The molecule has 0 aromatic carbocycles. The molecule has 0 bridgehead atoms. The maximum Gasteiger partial charge on any atom is 0.252 e. The van der Waals surface area contributed by atoms with E-state index in [1.165, 1.54) is 17.8 Å². The Hall–Kier alpha value is 0.0900. The van der Waals surface area contributed by atoms with Crippen molar-refractivity contribution in [2.45, 2.75) is 56.2 Å². The van der Waals surface area contributed by atoms with Crippen molar-refractivity contribution in [3.63, 3.8) is 0 Å². The van der Waals surface area contributed by atoms with Crippen molar-refractivity contribution in [2.24, 2.45) is 5.92 Å². The van der Waals surface area contributed by atoms with Gasteiger partial charge in [-0.05, 0) is 66.1 Å². The zero-order chi connectivity index (χ0) is 14.9. The van der Waals surface area contributed by atoms with Gasteiger partial charge in [-0.15, -0.1) is 11.3 Å². The first-order chi connectivity index (χ1) is 9.36. The number of aryl methyl sites for hydroxylation is 1. The molecule has 0 atom stereocenters. The second-order valence-corrected chi connectivity index (χ2v) is 10.2. The van der Waals surface area contributed by atoms with Gasteiger partial charge in [-0.2, -0.15) is 4.31 Å². The van der Waals surface area contributed by atoms with E-state index in [9.17, 15) is 8.42 Å². The van der Waals surface area contributed by atoms with E-state index in [0.717, 1.165) is 41.0 Å². The van der Waals surface area contributed by atoms with Crippen molar-refractivity contribution in [1.29, 1.82) is 0 Å². The molecule has 0 aliphatic heterocycles. The van der Waals surface area contributed by atoms with Gasteiger partial charge in [0.15, 0.2) is 0 Å². The van der Waals surface area contributed by atoms with Crippen LogP contribution in [0, 0.1) is 12.8 Å². The third kappa shape index (κ3) is 3.29. The molecule has 2 rings (SSSR count). The van der Waals surface area contributed by atoms with Gasteiger partial charge in [-0.3, -0.25) is 0 Å². The summed E-state index contributed by atoms with van der Waals surface area (Å²) >= 11 is 4.71. The zero-order valence-electron chi connectivity index (χ0n) is 12.2. The molecule has 1 aliphatic carbocycles. The van der Waals surface area contributed by atoms with E-state index in [2.05, 4.69) is 22.9 Å². The molecule has 1 aliphatic rings. The molecular weight excluding hydrogens is 358 g/mol. The van der Waals surface area contributed by atoms with Crippen LogP contribution in [-0.4, -0.2) is 25.8 Å². The fourth-order valence-electron chi connectivity index (χ4n) is 2.81. The predicted octanol–water partition coefficient (Wildman–Crippen LogP) is 4.41. The summed E-state index contributed by atoms with van der Waals surface area (Å²) in [4.78, 5) is 0. The molecular formula is C14H22BrNO2S2. The topological polar surface area (TPSA) is 37.4 Å². The minimum atomic E-state index is -3.34. The van der Waals surface area contributed by atoms with Crippen molar-refractivity contribution >= 4 is 37.3 Å². The zero-order valence-corrected chi connectivity index (χ0v) is 15.4. The summed E-state index contributed by atoms with van der Waals surface area (Å²) in [6, 6.07) is 1.92. The molecule has 20 heavy (non-hydrogen) atoms. The Kier molecular flexibility index (Phi) is 5.32. The van der Waals surface area contributed by atoms with Crippen LogP contribution in [0.15, 0.2) is 14.1 Å². The molecule has 0 amide bonds. The second kappa shape index (κ2) is 6.46. The van der Waals surface area contributed by atoms with Crippen LogP contribution in [0.1, 0.15) is 44.6 Å². The third-order valence-electron chi connectivity index (χ3n) is 4.38. The highest BCUT2D eigenvalue weighted by Crippen LogP contribution is 2.35. The lowest BCUT2D eigenvalue weighted by atomic mass is 9.85. The Morgan fingerprint density at radius 3 is 2.40 bits per heavy atom. The van der Waals surface area contributed by atoms with E-state index in [-0.39, 0.29) is 6.04 Å². The van der Waals surface area contributed by atoms with Crippen LogP contribution in [-0.2, 0) is 10.0 Å². The predicted molar refractivity (Wildman–Crippen MR) is 87.7 cm³/mol. The van der Waals surface area contributed by atoms with Crippen LogP contribution >= 0.6 is 27.3 Å². The number of hydrogen-bond donors (Lipinski definition) is 0. The van der Waals surface area contributed by atoms with Crippen LogP contribution in [0.2, 0.25) is 0 Å². The number of halogens is 1. The van der Waals surface area contributed by atoms with Gasteiger partial charge in [0.25, 0.3) is 10.0 Å².